The van der Waals surface area contributed by atoms with Crippen LogP contribution in [-0.4, -0.2) is 89.2 Å². The molecule has 0 aromatic rings. The molecule has 0 amide bonds. The first-order chi connectivity index (χ1) is 17.4. The molecule has 1 heterocycles. The van der Waals surface area contributed by atoms with E-state index in [2.05, 4.69) is 32.7 Å². The second-order valence-electron chi connectivity index (χ2n) is 11.2. The number of piperidine rings is 1. The zero-order valence-electron chi connectivity index (χ0n) is 24.7. The first kappa shape index (κ1) is 34.1. The van der Waals surface area contributed by atoms with Crippen LogP contribution in [0.4, 0.5) is 0 Å². The second kappa shape index (κ2) is 21.0. The molecule has 7 heteroatoms. The molecule has 0 N–H and O–H groups in total. The predicted molar refractivity (Wildman–Crippen MR) is 152 cm³/mol. The third kappa shape index (κ3) is 14.3. The van der Waals surface area contributed by atoms with Gasteiger partial charge in [0.05, 0.1) is 0 Å². The van der Waals surface area contributed by atoms with Crippen LogP contribution in [0.5, 0.6) is 0 Å². The molecule has 1 rings (SSSR count). The summed E-state index contributed by atoms with van der Waals surface area (Å²) in [6, 6.07) is 0. The van der Waals surface area contributed by atoms with Gasteiger partial charge in [-0.05, 0) is 0 Å². The van der Waals surface area contributed by atoms with Gasteiger partial charge in [0, 0.05) is 0 Å². The molecule has 1 aliphatic rings. The summed E-state index contributed by atoms with van der Waals surface area (Å²) in [6.07, 6.45) is 11.3. The average Bonchev–Trinajstić information content (AvgIpc) is 2.86. The normalized spacial score (nSPS) is 19.9. The van der Waals surface area contributed by atoms with Gasteiger partial charge < -0.3 is 0 Å². The van der Waals surface area contributed by atoms with E-state index in [9.17, 15) is 4.79 Å². The van der Waals surface area contributed by atoms with Gasteiger partial charge in [-0.2, -0.15) is 0 Å². The topological polar surface area (TPSA) is 57.2 Å². The van der Waals surface area contributed by atoms with Crippen LogP contribution in [0.15, 0.2) is 0 Å². The minimum atomic E-state index is -2.36. The molecule has 0 bridgehead atoms. The van der Waals surface area contributed by atoms with Crippen LogP contribution in [0.25, 0.3) is 0 Å². The molecule has 0 saturated carbocycles. The van der Waals surface area contributed by atoms with Gasteiger partial charge in [-0.1, -0.05) is 0 Å². The molecule has 1 fully saturated rings. The van der Waals surface area contributed by atoms with Gasteiger partial charge in [0.1, 0.15) is 0 Å². The Balaban J connectivity index is 3.03. The van der Waals surface area contributed by atoms with E-state index in [1.54, 1.807) is 14.0 Å². The number of hydrogen-bond donors (Lipinski definition) is 0. The van der Waals surface area contributed by atoms with Crippen LogP contribution in [0.3, 0.4) is 0 Å². The van der Waals surface area contributed by atoms with Crippen LogP contribution in [0.1, 0.15) is 85.5 Å². The summed E-state index contributed by atoms with van der Waals surface area (Å²) < 4.78 is 28.3. The molecular weight excluding hydrogens is 561 g/mol. The Kier molecular flexibility index (Phi) is 19.9. The number of hydrogen-bond acceptors (Lipinski definition) is 6. The van der Waals surface area contributed by atoms with Crippen LogP contribution in [0.2, 0.25) is 17.7 Å². The zero-order valence-corrected chi connectivity index (χ0v) is 27.5. The van der Waals surface area contributed by atoms with Crippen molar-refractivity contribution in [3.05, 3.63) is 0 Å². The number of unbranched alkanes of at least 4 members (excludes halogenated alkanes) is 3. The molecule has 0 spiro atoms. The summed E-state index contributed by atoms with van der Waals surface area (Å²) >= 11 is -2.36. The molecule has 0 aliphatic carbocycles. The Morgan fingerprint density at radius 2 is 1.56 bits per heavy atom. The predicted octanol–water partition coefficient (Wildman–Crippen LogP) is 6.75. The van der Waals surface area contributed by atoms with Crippen molar-refractivity contribution in [3.63, 3.8) is 0 Å². The SMILES string of the molecule is CCC[CH2][Sn]([CH2]CCC)([CH2]CCC)[CH2]C(CCCOCOCCOC)C1CN(C)CCC1OC(C)=O. The van der Waals surface area contributed by atoms with Crippen LogP contribution >= 0.6 is 0 Å². The number of esters is 1. The van der Waals surface area contributed by atoms with Crippen molar-refractivity contribution < 1.29 is 23.7 Å². The standard InChI is InChI=1S/C17H32NO5.3C4H9.Sn/c1-14(6-5-9-21-13-22-11-10-20-4)16-12-18(3)8-7-17(16)23-15(2)19;3*1-3-4-2;/h14,16-17H,1,5-13H2,2-4H3;3*1,3-4H2,2H3;. The summed E-state index contributed by atoms with van der Waals surface area (Å²) in [5.74, 6) is 0.936. The molecule has 0 aromatic carbocycles. The van der Waals surface area contributed by atoms with Gasteiger partial charge >= 0.3 is 228 Å². The number of ether oxygens (including phenoxy) is 4. The number of carbonyl (C=O) groups is 1. The molecule has 214 valence electrons. The Labute approximate surface area is 227 Å². The van der Waals surface area contributed by atoms with E-state index in [1.807, 2.05) is 0 Å². The van der Waals surface area contributed by atoms with E-state index >= 15 is 0 Å². The van der Waals surface area contributed by atoms with Crippen molar-refractivity contribution in [2.75, 3.05) is 53.9 Å². The van der Waals surface area contributed by atoms with Crippen molar-refractivity contribution in [2.45, 2.75) is 109 Å². The van der Waals surface area contributed by atoms with E-state index in [-0.39, 0.29) is 12.1 Å². The Morgan fingerprint density at radius 1 is 0.944 bits per heavy atom. The molecule has 1 aliphatic heterocycles. The number of carbonyl (C=O) groups excluding carboxylic acids is 1. The van der Waals surface area contributed by atoms with Crippen LogP contribution in [-0.2, 0) is 23.7 Å². The van der Waals surface area contributed by atoms with Gasteiger partial charge in [0.15, 0.2) is 0 Å². The Hall–Kier alpha value is 0.109. The van der Waals surface area contributed by atoms with Gasteiger partial charge in [0.25, 0.3) is 0 Å². The number of likely N-dealkylation sites (tertiary alicyclic amines) is 1. The van der Waals surface area contributed by atoms with Crippen molar-refractivity contribution in [2.24, 2.45) is 11.8 Å². The van der Waals surface area contributed by atoms with E-state index < -0.39 is 18.4 Å². The second-order valence-corrected chi connectivity index (χ2v) is 25.2. The Morgan fingerprint density at radius 3 is 2.11 bits per heavy atom. The molecular formula is C29H59NO5Sn. The number of nitrogens with zero attached hydrogens (tertiary/aromatic N) is 1. The summed E-state index contributed by atoms with van der Waals surface area (Å²) in [4.78, 5) is 14.5. The average molecular weight is 621 g/mol. The maximum absolute atomic E-state index is 12.0. The third-order valence-electron chi connectivity index (χ3n) is 8.06. The molecule has 6 nitrogen and oxygen atoms in total. The number of methoxy groups -OCH3 is 1. The molecule has 1 saturated heterocycles. The first-order valence-corrected chi connectivity index (χ1v) is 23.0. The van der Waals surface area contributed by atoms with Gasteiger partial charge in [0.2, 0.25) is 0 Å². The molecule has 3 atom stereocenters. The maximum atomic E-state index is 12.0. The zero-order chi connectivity index (χ0) is 26.7. The van der Waals surface area contributed by atoms with Crippen LogP contribution in [0, 0.1) is 11.8 Å². The van der Waals surface area contributed by atoms with E-state index in [0.717, 1.165) is 39.0 Å². The van der Waals surface area contributed by atoms with Crippen molar-refractivity contribution in [3.8, 4) is 0 Å². The molecule has 3 unspecified atom stereocenters. The first-order valence-electron chi connectivity index (χ1n) is 14.9. The fourth-order valence-corrected chi connectivity index (χ4v) is 24.0. The summed E-state index contributed by atoms with van der Waals surface area (Å²) in [6.45, 7) is 12.9. The summed E-state index contributed by atoms with van der Waals surface area (Å²) in [5.41, 5.74) is 0. The van der Waals surface area contributed by atoms with Crippen molar-refractivity contribution in [1.29, 1.82) is 0 Å². The molecule has 36 heavy (non-hydrogen) atoms. The molecule has 0 aromatic heterocycles. The minimum absolute atomic E-state index is 0.0644. The quantitative estimate of drug-likeness (QED) is 0.0578. The Bertz CT molecular complexity index is 528. The van der Waals surface area contributed by atoms with E-state index in [4.69, 9.17) is 18.9 Å². The van der Waals surface area contributed by atoms with Gasteiger partial charge in [-0.15, -0.1) is 0 Å². The van der Waals surface area contributed by atoms with Crippen molar-refractivity contribution >= 4 is 24.3 Å². The number of rotatable bonds is 22. The summed E-state index contributed by atoms with van der Waals surface area (Å²) in [5, 5.41) is 0. The fraction of sp³-hybridized carbons (Fsp3) is 0.966. The third-order valence-corrected chi connectivity index (χ3v) is 24.1. The van der Waals surface area contributed by atoms with Crippen molar-refractivity contribution in [1.82, 2.24) is 4.90 Å². The van der Waals surface area contributed by atoms with Gasteiger partial charge in [-0.25, -0.2) is 0 Å². The summed E-state index contributed by atoms with van der Waals surface area (Å²) in [7, 11) is 3.92. The van der Waals surface area contributed by atoms with E-state index in [0.29, 0.717) is 31.8 Å². The molecule has 0 radical (unpaired) electrons. The fourth-order valence-electron chi connectivity index (χ4n) is 6.07. The van der Waals surface area contributed by atoms with Crippen LogP contribution < -0.4 is 0 Å². The van der Waals surface area contributed by atoms with E-state index in [1.165, 1.54) is 56.3 Å². The van der Waals surface area contributed by atoms with Gasteiger partial charge in [-0.3, -0.25) is 0 Å². The monoisotopic (exact) mass is 621 g/mol.